The Morgan fingerprint density at radius 1 is 1.16 bits per heavy atom. The van der Waals surface area contributed by atoms with Crippen molar-refractivity contribution in [3.63, 3.8) is 0 Å². The summed E-state index contributed by atoms with van der Waals surface area (Å²) in [6.07, 6.45) is 7.21. The zero-order chi connectivity index (χ0) is 22.3. The second kappa shape index (κ2) is 8.47. The van der Waals surface area contributed by atoms with Crippen molar-refractivity contribution in [3.05, 3.63) is 58.7 Å². The third-order valence-corrected chi connectivity index (χ3v) is 7.95. The minimum atomic E-state index is -3.27. The third kappa shape index (κ3) is 5.30. The fourth-order valence-electron chi connectivity index (χ4n) is 4.93. The van der Waals surface area contributed by atoms with Crippen LogP contribution in [0.4, 0.5) is 0 Å². The second-order valence-electron chi connectivity index (χ2n) is 9.80. The van der Waals surface area contributed by atoms with Crippen LogP contribution in [0, 0.1) is 5.41 Å². The molecular weight excluding hydrogens is 432 g/mol. The zero-order valence-electron chi connectivity index (χ0n) is 18.5. The van der Waals surface area contributed by atoms with Crippen molar-refractivity contribution in [2.75, 3.05) is 19.3 Å². The van der Waals surface area contributed by atoms with Gasteiger partial charge in [-0.05, 0) is 69.0 Å². The molecule has 0 N–H and O–H groups in total. The summed E-state index contributed by atoms with van der Waals surface area (Å²) in [7, 11) is -3.27. The van der Waals surface area contributed by atoms with Crippen LogP contribution in [-0.4, -0.2) is 49.4 Å². The molecule has 0 bridgehead atoms. The minimum Gasteiger partial charge on any atom is -0.372 e. The fourth-order valence-corrected chi connectivity index (χ4v) is 5.62. The quantitative estimate of drug-likeness (QED) is 0.605. The first-order chi connectivity index (χ1) is 14.5. The first-order valence-corrected chi connectivity index (χ1v) is 13.1. The number of aromatic nitrogens is 1. The van der Waals surface area contributed by atoms with E-state index in [1.807, 2.05) is 18.2 Å². The van der Waals surface area contributed by atoms with Crippen LogP contribution in [0.5, 0.6) is 0 Å². The molecule has 0 saturated carbocycles. The van der Waals surface area contributed by atoms with Gasteiger partial charge in [0.05, 0.1) is 11.7 Å². The summed E-state index contributed by atoms with van der Waals surface area (Å²) in [6, 6.07) is 11.6. The molecule has 0 spiro atoms. The maximum Gasteiger partial charge on any atom is 0.192 e. The van der Waals surface area contributed by atoms with Crippen LogP contribution in [-0.2, 0) is 27.5 Å². The number of hydrogen-bond donors (Lipinski definition) is 0. The molecule has 0 amide bonds. The molecule has 0 unspecified atom stereocenters. The van der Waals surface area contributed by atoms with Crippen LogP contribution in [0.15, 0.2) is 47.6 Å². The van der Waals surface area contributed by atoms with Crippen molar-refractivity contribution in [3.8, 4) is 0 Å². The highest BCUT2D eigenvalue weighted by Gasteiger charge is 2.52. The van der Waals surface area contributed by atoms with Gasteiger partial charge in [0.2, 0.25) is 0 Å². The third-order valence-electron chi connectivity index (χ3n) is 6.69. The van der Waals surface area contributed by atoms with Gasteiger partial charge in [-0.15, -0.1) is 0 Å². The predicted molar refractivity (Wildman–Crippen MR) is 123 cm³/mol. The largest absolute Gasteiger partial charge is 0.372 e. The number of sulfone groups is 1. The van der Waals surface area contributed by atoms with Gasteiger partial charge in [-0.1, -0.05) is 29.8 Å². The fraction of sp³-hybridized carbons (Fsp3) is 0.542. The number of likely N-dealkylation sites (tertiary alicyclic amines) is 1. The highest BCUT2D eigenvalue weighted by molar-refractivity contribution is 7.90. The normalized spacial score (nSPS) is 26.0. The van der Waals surface area contributed by atoms with Gasteiger partial charge in [0.1, 0.15) is 0 Å². The van der Waals surface area contributed by atoms with Gasteiger partial charge in [-0.3, -0.25) is 4.90 Å². The van der Waals surface area contributed by atoms with Crippen LogP contribution >= 0.6 is 11.6 Å². The van der Waals surface area contributed by atoms with E-state index in [-0.39, 0.29) is 22.1 Å². The lowest BCUT2D eigenvalue weighted by molar-refractivity contribution is -0.230. The Balaban J connectivity index is 1.45. The first kappa shape index (κ1) is 22.7. The first-order valence-electron chi connectivity index (χ1n) is 10.8. The summed E-state index contributed by atoms with van der Waals surface area (Å²) in [6.45, 7) is 7.29. The van der Waals surface area contributed by atoms with E-state index in [4.69, 9.17) is 16.3 Å². The van der Waals surface area contributed by atoms with Crippen molar-refractivity contribution >= 4 is 21.4 Å². The SMILES string of the molecule is CC1(C)C[C@H]([C@]2(CCc3ccc(S(C)(=O)=O)nc3)CCN(Cc3ccc(Cl)cc3)C2)O1. The second-order valence-corrected chi connectivity index (χ2v) is 12.2. The Kier molecular flexibility index (Phi) is 6.21. The molecule has 2 aliphatic rings. The van der Waals surface area contributed by atoms with Gasteiger partial charge in [0, 0.05) is 42.4 Å². The molecule has 2 saturated heterocycles. The zero-order valence-corrected chi connectivity index (χ0v) is 20.0. The molecule has 5 nitrogen and oxygen atoms in total. The van der Waals surface area contributed by atoms with Gasteiger partial charge < -0.3 is 4.74 Å². The highest BCUT2D eigenvalue weighted by Crippen LogP contribution is 2.49. The van der Waals surface area contributed by atoms with Crippen LogP contribution in [0.2, 0.25) is 5.02 Å². The molecule has 2 atom stereocenters. The summed E-state index contributed by atoms with van der Waals surface area (Å²) < 4.78 is 29.7. The Labute approximate surface area is 190 Å². The number of halogens is 1. The van der Waals surface area contributed by atoms with Crippen molar-refractivity contribution < 1.29 is 13.2 Å². The lowest BCUT2D eigenvalue weighted by Crippen LogP contribution is -2.55. The summed E-state index contributed by atoms with van der Waals surface area (Å²) in [5.74, 6) is 0. The van der Waals surface area contributed by atoms with Gasteiger partial charge in [0.15, 0.2) is 14.9 Å². The maximum absolute atomic E-state index is 11.7. The van der Waals surface area contributed by atoms with E-state index < -0.39 is 9.84 Å². The molecule has 168 valence electrons. The number of rotatable bonds is 7. The molecule has 3 heterocycles. The van der Waals surface area contributed by atoms with Crippen LogP contribution in [0.25, 0.3) is 0 Å². The lowest BCUT2D eigenvalue weighted by Gasteiger charge is -2.52. The summed E-state index contributed by atoms with van der Waals surface area (Å²) >= 11 is 6.03. The topological polar surface area (TPSA) is 59.5 Å². The van der Waals surface area contributed by atoms with Crippen LogP contribution < -0.4 is 0 Å². The summed E-state index contributed by atoms with van der Waals surface area (Å²) in [4.78, 5) is 6.67. The summed E-state index contributed by atoms with van der Waals surface area (Å²) in [5, 5.41) is 0.894. The van der Waals surface area contributed by atoms with Crippen molar-refractivity contribution in [2.45, 2.75) is 62.8 Å². The Morgan fingerprint density at radius 2 is 1.84 bits per heavy atom. The van der Waals surface area contributed by atoms with Gasteiger partial charge >= 0.3 is 0 Å². The standard InChI is InChI=1S/C24H31ClN2O3S/c1-23(2)14-21(30-23)24(11-10-18-6-9-22(26-15-18)31(3,28)29)12-13-27(17-24)16-19-4-7-20(25)8-5-19/h4-9,15,21H,10-14,16-17H2,1-3H3/t21-,24-/m1/s1. The van der Waals surface area contributed by atoms with E-state index >= 15 is 0 Å². The molecule has 4 rings (SSSR count). The average Bonchev–Trinajstić information content (AvgIpc) is 3.10. The molecule has 2 aliphatic heterocycles. The molecule has 1 aromatic carbocycles. The van der Waals surface area contributed by atoms with Crippen molar-refractivity contribution in [1.82, 2.24) is 9.88 Å². The maximum atomic E-state index is 11.7. The predicted octanol–water partition coefficient (Wildman–Crippen LogP) is 4.53. The van der Waals surface area contributed by atoms with Crippen molar-refractivity contribution in [2.24, 2.45) is 5.41 Å². The molecular formula is C24H31ClN2O3S. The Hall–Kier alpha value is -1.47. The van der Waals surface area contributed by atoms with E-state index in [1.165, 1.54) is 11.8 Å². The van der Waals surface area contributed by atoms with E-state index in [1.54, 1.807) is 12.3 Å². The van der Waals surface area contributed by atoms with E-state index in [9.17, 15) is 8.42 Å². The number of nitrogens with zero attached hydrogens (tertiary/aromatic N) is 2. The van der Waals surface area contributed by atoms with Gasteiger partial charge in [-0.2, -0.15) is 0 Å². The Morgan fingerprint density at radius 3 is 2.42 bits per heavy atom. The monoisotopic (exact) mass is 462 g/mol. The smallest absolute Gasteiger partial charge is 0.192 e. The molecule has 1 aromatic heterocycles. The van der Waals surface area contributed by atoms with Crippen LogP contribution in [0.3, 0.4) is 0 Å². The number of benzene rings is 1. The molecule has 7 heteroatoms. The number of aryl methyl sites for hydroxylation is 1. The molecule has 0 radical (unpaired) electrons. The van der Waals surface area contributed by atoms with Crippen LogP contribution in [0.1, 0.15) is 44.2 Å². The molecule has 0 aliphatic carbocycles. The van der Waals surface area contributed by atoms with Crippen molar-refractivity contribution in [1.29, 1.82) is 0 Å². The van der Waals surface area contributed by atoms with E-state index in [0.29, 0.717) is 0 Å². The summed E-state index contributed by atoms with van der Waals surface area (Å²) in [5.41, 5.74) is 2.41. The average molecular weight is 463 g/mol. The minimum absolute atomic E-state index is 0.0417. The lowest BCUT2D eigenvalue weighted by atomic mass is 9.70. The van der Waals surface area contributed by atoms with Gasteiger partial charge in [-0.25, -0.2) is 13.4 Å². The van der Waals surface area contributed by atoms with E-state index in [0.717, 1.165) is 55.9 Å². The highest BCUT2D eigenvalue weighted by atomic mass is 35.5. The molecule has 31 heavy (non-hydrogen) atoms. The number of pyridine rings is 1. The number of hydrogen-bond acceptors (Lipinski definition) is 5. The van der Waals surface area contributed by atoms with E-state index in [2.05, 4.69) is 35.9 Å². The molecule has 2 aromatic rings. The van der Waals surface area contributed by atoms with Gasteiger partial charge in [0.25, 0.3) is 0 Å². The molecule has 2 fully saturated rings. The number of ether oxygens (including phenoxy) is 1. The Bertz CT molecular complexity index is 1010.